The monoisotopic (exact) mass is 293 g/mol. The van der Waals surface area contributed by atoms with E-state index in [1.54, 1.807) is 0 Å². The fourth-order valence-electron chi connectivity index (χ4n) is 2.50. The van der Waals surface area contributed by atoms with E-state index in [1.165, 1.54) is 48.7 Å². The first kappa shape index (κ1) is 11.7. The highest BCUT2D eigenvalue weighted by molar-refractivity contribution is 9.10. The lowest BCUT2D eigenvalue weighted by atomic mass is 9.94. The third kappa shape index (κ3) is 3.56. The Morgan fingerprint density at radius 1 is 1.12 bits per heavy atom. The molecular weight excluding hydrogens is 274 g/mol. The average molecular weight is 294 g/mol. The molecule has 1 atom stereocenters. The van der Waals surface area contributed by atoms with Crippen molar-refractivity contribution in [1.82, 2.24) is 5.32 Å². The summed E-state index contributed by atoms with van der Waals surface area (Å²) in [4.78, 5) is 0. The third-order valence-electron chi connectivity index (χ3n) is 3.95. The van der Waals surface area contributed by atoms with Crippen LogP contribution in [0.1, 0.15) is 31.2 Å². The molecule has 3 rings (SSSR count). The zero-order valence-electron chi connectivity index (χ0n) is 10.2. The summed E-state index contributed by atoms with van der Waals surface area (Å²) in [5.41, 5.74) is 1.49. The molecule has 0 amide bonds. The van der Waals surface area contributed by atoms with Crippen LogP contribution in [0.5, 0.6) is 0 Å². The van der Waals surface area contributed by atoms with Crippen LogP contribution in [0.25, 0.3) is 0 Å². The van der Waals surface area contributed by atoms with Gasteiger partial charge in [-0.2, -0.15) is 0 Å². The number of hydrogen-bond acceptors (Lipinski definition) is 1. The van der Waals surface area contributed by atoms with E-state index in [0.29, 0.717) is 0 Å². The molecule has 1 aromatic rings. The lowest BCUT2D eigenvalue weighted by Crippen LogP contribution is -2.27. The first-order valence-electron chi connectivity index (χ1n) is 6.79. The van der Waals surface area contributed by atoms with Gasteiger partial charge in [0.1, 0.15) is 0 Å². The molecule has 1 N–H and O–H groups in total. The van der Waals surface area contributed by atoms with Crippen LogP contribution >= 0.6 is 15.9 Å². The van der Waals surface area contributed by atoms with Gasteiger partial charge in [0.2, 0.25) is 0 Å². The standard InChI is InChI=1S/C15H20BrN/c16-14-5-1-11(2-6-14)9-13(12-3-4-12)10-17-15-7-8-15/h1-2,5-6,12-13,15,17H,3-4,7-10H2. The van der Waals surface area contributed by atoms with Gasteiger partial charge in [0.05, 0.1) is 0 Å². The van der Waals surface area contributed by atoms with Crippen LogP contribution in [-0.4, -0.2) is 12.6 Å². The number of hydrogen-bond donors (Lipinski definition) is 1. The molecular formula is C15H20BrN. The number of nitrogens with one attached hydrogen (secondary N) is 1. The molecule has 0 radical (unpaired) electrons. The van der Waals surface area contributed by atoms with Crippen molar-refractivity contribution in [2.75, 3.05) is 6.54 Å². The van der Waals surface area contributed by atoms with Gasteiger partial charge in [-0.25, -0.2) is 0 Å². The topological polar surface area (TPSA) is 12.0 Å². The lowest BCUT2D eigenvalue weighted by Gasteiger charge is -2.17. The second kappa shape index (κ2) is 5.11. The molecule has 1 nitrogen and oxygen atoms in total. The van der Waals surface area contributed by atoms with Gasteiger partial charge in [-0.15, -0.1) is 0 Å². The smallest absolute Gasteiger partial charge is 0.0175 e. The molecule has 0 bridgehead atoms. The van der Waals surface area contributed by atoms with Gasteiger partial charge in [-0.3, -0.25) is 0 Å². The number of rotatable bonds is 6. The molecule has 1 unspecified atom stereocenters. The summed E-state index contributed by atoms with van der Waals surface area (Å²) in [6, 6.07) is 9.69. The van der Waals surface area contributed by atoms with E-state index in [9.17, 15) is 0 Å². The summed E-state index contributed by atoms with van der Waals surface area (Å²) in [5, 5.41) is 3.70. The van der Waals surface area contributed by atoms with Crippen LogP contribution in [0.3, 0.4) is 0 Å². The van der Waals surface area contributed by atoms with E-state index >= 15 is 0 Å². The molecule has 0 spiro atoms. The Balaban J connectivity index is 1.56. The van der Waals surface area contributed by atoms with Gasteiger partial charge >= 0.3 is 0 Å². The van der Waals surface area contributed by atoms with E-state index in [0.717, 1.165) is 17.9 Å². The molecule has 2 heteroatoms. The van der Waals surface area contributed by atoms with Gasteiger partial charge in [0, 0.05) is 10.5 Å². The van der Waals surface area contributed by atoms with E-state index < -0.39 is 0 Å². The average Bonchev–Trinajstić information content (AvgIpc) is 3.18. The molecule has 2 fully saturated rings. The number of halogens is 1. The van der Waals surface area contributed by atoms with Gasteiger partial charge in [0.15, 0.2) is 0 Å². The van der Waals surface area contributed by atoms with Crippen molar-refractivity contribution in [3.63, 3.8) is 0 Å². The van der Waals surface area contributed by atoms with E-state index in [2.05, 4.69) is 45.5 Å². The van der Waals surface area contributed by atoms with Crippen LogP contribution in [-0.2, 0) is 6.42 Å². The van der Waals surface area contributed by atoms with Gasteiger partial charge in [0.25, 0.3) is 0 Å². The summed E-state index contributed by atoms with van der Waals surface area (Å²) in [6.45, 7) is 1.23. The van der Waals surface area contributed by atoms with Gasteiger partial charge < -0.3 is 5.32 Å². The van der Waals surface area contributed by atoms with Crippen LogP contribution < -0.4 is 5.32 Å². The zero-order valence-corrected chi connectivity index (χ0v) is 11.7. The second-order valence-corrected chi connectivity index (χ2v) is 6.53. The summed E-state index contributed by atoms with van der Waals surface area (Å²) in [5.74, 6) is 1.85. The normalized spacial score (nSPS) is 21.5. The quantitative estimate of drug-likeness (QED) is 0.842. The maximum atomic E-state index is 3.70. The van der Waals surface area contributed by atoms with Crippen LogP contribution in [0.2, 0.25) is 0 Å². The number of benzene rings is 1. The molecule has 92 valence electrons. The first-order chi connectivity index (χ1) is 8.31. The Hall–Kier alpha value is -0.340. The SMILES string of the molecule is Brc1ccc(CC(CNC2CC2)C2CC2)cc1. The maximum Gasteiger partial charge on any atom is 0.0175 e. The third-order valence-corrected chi connectivity index (χ3v) is 4.47. The van der Waals surface area contributed by atoms with Crippen molar-refractivity contribution < 1.29 is 0 Å². The molecule has 0 aromatic heterocycles. The first-order valence-corrected chi connectivity index (χ1v) is 7.58. The van der Waals surface area contributed by atoms with E-state index in [1.807, 2.05) is 0 Å². The molecule has 2 saturated carbocycles. The van der Waals surface area contributed by atoms with Crippen molar-refractivity contribution in [1.29, 1.82) is 0 Å². The molecule has 17 heavy (non-hydrogen) atoms. The predicted molar refractivity (Wildman–Crippen MR) is 75.1 cm³/mol. The summed E-state index contributed by atoms with van der Waals surface area (Å²) in [7, 11) is 0. The fraction of sp³-hybridized carbons (Fsp3) is 0.600. The van der Waals surface area contributed by atoms with Crippen molar-refractivity contribution in [2.24, 2.45) is 11.8 Å². The van der Waals surface area contributed by atoms with Crippen LogP contribution in [0, 0.1) is 11.8 Å². The fourth-order valence-corrected chi connectivity index (χ4v) is 2.77. The minimum Gasteiger partial charge on any atom is -0.314 e. The van der Waals surface area contributed by atoms with E-state index in [4.69, 9.17) is 0 Å². The van der Waals surface area contributed by atoms with Crippen LogP contribution in [0.15, 0.2) is 28.7 Å². The Morgan fingerprint density at radius 2 is 1.82 bits per heavy atom. The van der Waals surface area contributed by atoms with Crippen LogP contribution in [0.4, 0.5) is 0 Å². The lowest BCUT2D eigenvalue weighted by molar-refractivity contribution is 0.422. The Kier molecular flexibility index (Phi) is 3.53. The molecule has 0 heterocycles. The molecule has 0 saturated heterocycles. The minimum atomic E-state index is 0.848. The zero-order chi connectivity index (χ0) is 11.7. The van der Waals surface area contributed by atoms with Gasteiger partial charge in [-0.1, -0.05) is 28.1 Å². The molecule has 2 aliphatic carbocycles. The Labute approximate surface area is 112 Å². The second-order valence-electron chi connectivity index (χ2n) is 5.61. The molecule has 1 aromatic carbocycles. The van der Waals surface area contributed by atoms with Crippen molar-refractivity contribution in [3.8, 4) is 0 Å². The summed E-state index contributed by atoms with van der Waals surface area (Å²) in [6.07, 6.45) is 6.95. The summed E-state index contributed by atoms with van der Waals surface area (Å²) < 4.78 is 1.18. The Morgan fingerprint density at radius 3 is 2.41 bits per heavy atom. The summed E-state index contributed by atoms with van der Waals surface area (Å²) >= 11 is 3.50. The molecule has 0 aliphatic heterocycles. The maximum absolute atomic E-state index is 3.70. The highest BCUT2D eigenvalue weighted by Gasteiger charge is 2.32. The van der Waals surface area contributed by atoms with Gasteiger partial charge in [-0.05, 0) is 68.2 Å². The predicted octanol–water partition coefficient (Wildman–Crippen LogP) is 3.77. The Bertz CT molecular complexity index is 365. The van der Waals surface area contributed by atoms with Crippen molar-refractivity contribution >= 4 is 15.9 Å². The largest absolute Gasteiger partial charge is 0.314 e. The van der Waals surface area contributed by atoms with E-state index in [-0.39, 0.29) is 0 Å². The van der Waals surface area contributed by atoms with Crippen molar-refractivity contribution in [2.45, 2.75) is 38.1 Å². The highest BCUT2D eigenvalue weighted by atomic mass is 79.9. The highest BCUT2D eigenvalue weighted by Crippen LogP contribution is 2.38. The van der Waals surface area contributed by atoms with Crippen molar-refractivity contribution in [3.05, 3.63) is 34.3 Å². The minimum absolute atomic E-state index is 0.848. The molecule has 2 aliphatic rings.